The van der Waals surface area contributed by atoms with E-state index in [9.17, 15) is 17.9 Å². The predicted molar refractivity (Wildman–Crippen MR) is 79.3 cm³/mol. The minimum absolute atomic E-state index is 0.0123. The van der Waals surface area contributed by atoms with E-state index >= 15 is 0 Å². The van der Waals surface area contributed by atoms with Crippen LogP contribution in [0.3, 0.4) is 0 Å². The molecule has 0 radical (unpaired) electrons. The quantitative estimate of drug-likeness (QED) is 0.778. The maximum Gasteiger partial charge on any atom is 0.297 e. The molecule has 0 aromatic heterocycles. The molecular formula is C15H19FO7S. The molecule has 2 aliphatic heterocycles. The molecule has 1 N–H and O–H groups in total. The van der Waals surface area contributed by atoms with Crippen LogP contribution in [-0.4, -0.2) is 57.2 Å². The van der Waals surface area contributed by atoms with Crippen molar-refractivity contribution in [3.8, 4) is 0 Å². The second-order valence-electron chi connectivity index (χ2n) is 6.05. The molecule has 0 saturated carbocycles. The number of hydrogen-bond donors (Lipinski definition) is 1. The van der Waals surface area contributed by atoms with Crippen molar-refractivity contribution in [2.75, 3.05) is 13.3 Å². The van der Waals surface area contributed by atoms with Crippen LogP contribution in [0.2, 0.25) is 0 Å². The molecule has 1 aromatic rings. The number of aryl methyl sites for hydroxylation is 1. The number of hydrogen-bond acceptors (Lipinski definition) is 7. The third-order valence-corrected chi connectivity index (χ3v) is 5.28. The summed E-state index contributed by atoms with van der Waals surface area (Å²) in [7, 11) is -3.97. The largest absolute Gasteiger partial charge is 0.387 e. The van der Waals surface area contributed by atoms with Gasteiger partial charge in [0.15, 0.2) is 12.1 Å². The third-order valence-electron chi connectivity index (χ3n) is 3.99. The number of aliphatic hydroxyl groups is 1. The van der Waals surface area contributed by atoms with Gasteiger partial charge in [-0.05, 0) is 26.0 Å². The molecule has 1 aromatic carbocycles. The number of aliphatic hydroxyl groups excluding tert-OH is 1. The average molecular weight is 362 g/mol. The molecule has 2 fully saturated rings. The molecule has 1 unspecified atom stereocenters. The number of halogens is 1. The van der Waals surface area contributed by atoms with Crippen molar-refractivity contribution in [3.63, 3.8) is 0 Å². The van der Waals surface area contributed by atoms with E-state index in [1.807, 2.05) is 6.92 Å². The summed E-state index contributed by atoms with van der Waals surface area (Å²) in [4.78, 5) is 0.0123. The van der Waals surface area contributed by atoms with Gasteiger partial charge in [0, 0.05) is 0 Å². The van der Waals surface area contributed by atoms with Crippen LogP contribution < -0.4 is 0 Å². The molecule has 3 rings (SSSR count). The van der Waals surface area contributed by atoms with Crippen LogP contribution in [0.1, 0.15) is 12.5 Å². The molecule has 9 heteroatoms. The van der Waals surface area contributed by atoms with Crippen molar-refractivity contribution in [3.05, 3.63) is 29.8 Å². The van der Waals surface area contributed by atoms with Crippen LogP contribution >= 0.6 is 0 Å². The molecular weight excluding hydrogens is 343 g/mol. The van der Waals surface area contributed by atoms with E-state index in [0.29, 0.717) is 0 Å². The first-order chi connectivity index (χ1) is 11.2. The fraction of sp³-hybridized carbons (Fsp3) is 0.600. The molecule has 2 saturated heterocycles. The summed E-state index contributed by atoms with van der Waals surface area (Å²) >= 11 is 0. The van der Waals surface area contributed by atoms with E-state index in [2.05, 4.69) is 0 Å². The highest BCUT2D eigenvalue weighted by molar-refractivity contribution is 7.86. The Bertz CT molecular complexity index is 692. The van der Waals surface area contributed by atoms with Crippen LogP contribution in [-0.2, 0) is 28.5 Å². The maximum absolute atomic E-state index is 12.8. The molecule has 0 bridgehead atoms. The van der Waals surface area contributed by atoms with Gasteiger partial charge in [-0.25, -0.2) is 4.39 Å². The average Bonchev–Trinajstić information content (AvgIpc) is 3.01. The zero-order chi connectivity index (χ0) is 17.5. The highest BCUT2D eigenvalue weighted by Gasteiger charge is 2.56. The van der Waals surface area contributed by atoms with Gasteiger partial charge in [0.05, 0.1) is 11.5 Å². The molecule has 0 amide bonds. The lowest BCUT2D eigenvalue weighted by Crippen LogP contribution is -2.38. The molecule has 7 nitrogen and oxygen atoms in total. The Kier molecular flexibility index (Phi) is 4.67. The summed E-state index contributed by atoms with van der Waals surface area (Å²) in [5, 5.41) is 10.2. The third kappa shape index (κ3) is 3.32. The fourth-order valence-electron chi connectivity index (χ4n) is 2.61. The molecule has 134 valence electrons. The van der Waals surface area contributed by atoms with Gasteiger partial charge in [-0.2, -0.15) is 8.42 Å². The Labute approximate surface area is 139 Å². The summed E-state index contributed by atoms with van der Waals surface area (Å²) in [6.45, 7) is 1.95. The minimum atomic E-state index is -3.97. The molecule has 0 spiro atoms. The first kappa shape index (κ1) is 17.7. The Morgan fingerprint density at radius 3 is 2.54 bits per heavy atom. The minimum Gasteiger partial charge on any atom is -0.387 e. The number of ether oxygens (including phenoxy) is 3. The summed E-state index contributed by atoms with van der Waals surface area (Å²) in [5.74, 6) is -1.46. The molecule has 2 heterocycles. The SMILES string of the molecule is Cc1ccc(S(=O)(=O)OC[C@H]2O[C@@H]3OC(C)(CF)O[C@@H]3[C@H]2O)cc1. The van der Waals surface area contributed by atoms with Gasteiger partial charge in [0.1, 0.15) is 25.0 Å². The Balaban J connectivity index is 1.61. The van der Waals surface area contributed by atoms with Gasteiger partial charge in [-0.3, -0.25) is 4.18 Å². The topological polar surface area (TPSA) is 91.3 Å². The monoisotopic (exact) mass is 362 g/mol. The van der Waals surface area contributed by atoms with E-state index in [1.165, 1.54) is 19.1 Å². The zero-order valence-electron chi connectivity index (χ0n) is 13.2. The van der Waals surface area contributed by atoms with Crippen molar-refractivity contribution >= 4 is 10.1 Å². The second-order valence-corrected chi connectivity index (χ2v) is 7.67. The maximum atomic E-state index is 12.8. The summed E-state index contributed by atoms with van der Waals surface area (Å²) in [6.07, 6.45) is -3.99. The van der Waals surface area contributed by atoms with Gasteiger partial charge >= 0.3 is 0 Å². The molecule has 2 aliphatic rings. The van der Waals surface area contributed by atoms with E-state index in [1.54, 1.807) is 12.1 Å². The van der Waals surface area contributed by atoms with Crippen LogP contribution in [0.15, 0.2) is 29.2 Å². The van der Waals surface area contributed by atoms with Gasteiger partial charge in [0.2, 0.25) is 0 Å². The normalized spacial score (nSPS) is 36.0. The van der Waals surface area contributed by atoms with E-state index in [0.717, 1.165) is 5.56 Å². The van der Waals surface area contributed by atoms with Gasteiger partial charge in [-0.1, -0.05) is 17.7 Å². The smallest absolute Gasteiger partial charge is 0.297 e. The van der Waals surface area contributed by atoms with E-state index < -0.39 is 53.8 Å². The van der Waals surface area contributed by atoms with Crippen LogP contribution in [0.25, 0.3) is 0 Å². The Hall–Kier alpha value is -1.10. The van der Waals surface area contributed by atoms with Crippen molar-refractivity contribution in [1.29, 1.82) is 0 Å². The van der Waals surface area contributed by atoms with Crippen molar-refractivity contribution in [2.45, 2.75) is 49.1 Å². The lowest BCUT2D eigenvalue weighted by atomic mass is 10.1. The number of fused-ring (bicyclic) bond motifs is 1. The summed E-state index contributed by atoms with van der Waals surface area (Å²) in [6, 6.07) is 6.18. The van der Waals surface area contributed by atoms with Crippen molar-refractivity contribution in [1.82, 2.24) is 0 Å². The highest BCUT2D eigenvalue weighted by Crippen LogP contribution is 2.38. The fourth-order valence-corrected chi connectivity index (χ4v) is 3.53. The molecule has 24 heavy (non-hydrogen) atoms. The van der Waals surface area contributed by atoms with E-state index in [4.69, 9.17) is 18.4 Å². The van der Waals surface area contributed by atoms with Gasteiger partial charge in [0.25, 0.3) is 10.1 Å². The molecule has 5 atom stereocenters. The van der Waals surface area contributed by atoms with Crippen LogP contribution in [0, 0.1) is 6.92 Å². The van der Waals surface area contributed by atoms with Gasteiger partial charge in [-0.15, -0.1) is 0 Å². The number of benzene rings is 1. The van der Waals surface area contributed by atoms with Crippen molar-refractivity contribution < 1.29 is 36.3 Å². The first-order valence-electron chi connectivity index (χ1n) is 7.45. The second kappa shape index (κ2) is 6.32. The zero-order valence-corrected chi connectivity index (χ0v) is 14.0. The standard InChI is InChI=1S/C15H19FO7S/c1-9-3-5-10(6-4-9)24(18,19)20-7-11-12(17)13-14(21-11)23-15(2,8-16)22-13/h3-6,11-14,17H,7-8H2,1-2H3/t11-,12+,13-,14-,15?/m1/s1. The molecule has 0 aliphatic carbocycles. The van der Waals surface area contributed by atoms with Crippen LogP contribution in [0.5, 0.6) is 0 Å². The Morgan fingerprint density at radius 2 is 1.96 bits per heavy atom. The van der Waals surface area contributed by atoms with E-state index in [-0.39, 0.29) is 4.90 Å². The lowest BCUT2D eigenvalue weighted by Gasteiger charge is -2.23. The Morgan fingerprint density at radius 1 is 1.29 bits per heavy atom. The summed E-state index contributed by atoms with van der Waals surface area (Å²) in [5.41, 5.74) is 0.918. The first-order valence-corrected chi connectivity index (χ1v) is 8.86. The van der Waals surface area contributed by atoms with Gasteiger partial charge < -0.3 is 19.3 Å². The highest BCUT2D eigenvalue weighted by atomic mass is 32.2. The number of alkyl halides is 1. The lowest BCUT2D eigenvalue weighted by molar-refractivity contribution is -0.232. The number of rotatable bonds is 5. The predicted octanol–water partition coefficient (Wildman–Crippen LogP) is 0.887. The van der Waals surface area contributed by atoms with Crippen molar-refractivity contribution in [2.24, 2.45) is 0 Å². The summed E-state index contributed by atoms with van der Waals surface area (Å²) < 4.78 is 58.0. The van der Waals surface area contributed by atoms with Crippen LogP contribution in [0.4, 0.5) is 4.39 Å².